The van der Waals surface area contributed by atoms with E-state index in [1.807, 2.05) is 0 Å². The first-order valence-corrected chi connectivity index (χ1v) is 4.32. The summed E-state index contributed by atoms with van der Waals surface area (Å²) in [6.45, 7) is 0. The van der Waals surface area contributed by atoms with Crippen LogP contribution in [0.4, 0.5) is 13.2 Å². The monoisotopic (exact) mass is 214 g/mol. The summed E-state index contributed by atoms with van der Waals surface area (Å²) in [6, 6.07) is 0. The molecule has 0 radical (unpaired) electrons. The second kappa shape index (κ2) is 2.95. The molecule has 10 heteroatoms. The summed E-state index contributed by atoms with van der Waals surface area (Å²) in [6.07, 6.45) is 0. The van der Waals surface area contributed by atoms with Crippen LogP contribution >= 0.6 is 0 Å². The van der Waals surface area contributed by atoms with Crippen LogP contribution in [0.2, 0.25) is 0 Å². The molecule has 0 spiro atoms. The fourth-order valence-electron chi connectivity index (χ4n) is 0.122. The van der Waals surface area contributed by atoms with Crippen molar-refractivity contribution in [1.82, 2.24) is 0 Å². The predicted molar refractivity (Wildman–Crippen MR) is 26.4 cm³/mol. The molecule has 0 aliphatic carbocycles. The molecule has 0 fully saturated rings. The maximum absolute atomic E-state index is 11.2. The van der Waals surface area contributed by atoms with Gasteiger partial charge in [-0.25, -0.2) is 8.42 Å². The van der Waals surface area contributed by atoms with Crippen molar-refractivity contribution >= 4 is 21.1 Å². The molecule has 0 unspecified atom stereocenters. The summed E-state index contributed by atoms with van der Waals surface area (Å²) in [5, 5.41) is 0. The maximum Gasteiger partial charge on any atom is 0.524 e. The van der Waals surface area contributed by atoms with Gasteiger partial charge in [-0.3, -0.25) is 0 Å². The van der Waals surface area contributed by atoms with Gasteiger partial charge in [0.05, 0.1) is 0 Å². The molecule has 0 saturated heterocycles. The van der Waals surface area contributed by atoms with Crippen LogP contribution < -0.4 is 0 Å². The summed E-state index contributed by atoms with van der Waals surface area (Å²) >= 11 is 0. The third-order valence-electron chi connectivity index (χ3n) is 0.442. The van der Waals surface area contributed by atoms with Gasteiger partial charge in [0, 0.05) is 0 Å². The Morgan fingerprint density at radius 3 is 1.64 bits per heavy atom. The van der Waals surface area contributed by atoms with E-state index in [1.54, 1.807) is 0 Å². The van der Waals surface area contributed by atoms with E-state index in [9.17, 15) is 30.0 Å². The average Bonchev–Trinajstić information content (AvgIpc) is 1.56. The Labute approximate surface area is 61.1 Å². The fraction of sp³-hybridized carbons (Fsp3) is 1.00. The third kappa shape index (κ3) is 3.03. The zero-order valence-corrected chi connectivity index (χ0v) is 6.24. The van der Waals surface area contributed by atoms with Crippen molar-refractivity contribution in [3.63, 3.8) is 0 Å². The number of hydrogen-bond donors (Lipinski definition) is 1. The number of halogens is 3. The van der Waals surface area contributed by atoms with Crippen molar-refractivity contribution in [1.29, 1.82) is 0 Å². The average molecular weight is 214 g/mol. The van der Waals surface area contributed by atoms with Crippen molar-refractivity contribution in [2.24, 2.45) is 0 Å². The zero-order chi connectivity index (χ0) is 9.28. The largest absolute Gasteiger partial charge is 0.524 e. The SMILES string of the molecule is O=[SH](=O)OS(=O)(=O)C(F)(F)F. The van der Waals surface area contributed by atoms with Crippen LogP contribution in [-0.2, 0) is 24.7 Å². The summed E-state index contributed by atoms with van der Waals surface area (Å²) in [5.41, 5.74) is -5.71. The van der Waals surface area contributed by atoms with Crippen molar-refractivity contribution < 1.29 is 33.6 Å². The quantitative estimate of drug-likeness (QED) is 0.489. The lowest BCUT2D eigenvalue weighted by Gasteiger charge is -2.01. The molecule has 0 aromatic carbocycles. The van der Waals surface area contributed by atoms with Crippen LogP contribution in [0.25, 0.3) is 0 Å². The van der Waals surface area contributed by atoms with Gasteiger partial charge in [-0.2, -0.15) is 21.6 Å². The molecule has 0 amide bonds. The summed E-state index contributed by atoms with van der Waals surface area (Å²) in [7, 11) is -10.1. The van der Waals surface area contributed by atoms with E-state index in [4.69, 9.17) is 0 Å². The molecule has 0 atom stereocenters. The molecule has 0 aromatic heterocycles. The number of hydrogen-bond acceptors (Lipinski definition) is 5. The summed E-state index contributed by atoms with van der Waals surface area (Å²) in [5.74, 6) is 0. The van der Waals surface area contributed by atoms with Crippen LogP contribution in [0.5, 0.6) is 0 Å². The molecule has 0 rings (SSSR count). The van der Waals surface area contributed by atoms with Crippen LogP contribution in [0, 0.1) is 0 Å². The Morgan fingerprint density at radius 1 is 1.18 bits per heavy atom. The van der Waals surface area contributed by atoms with Gasteiger partial charge in [-0.1, -0.05) is 0 Å². The Bertz CT molecular complexity index is 286. The minimum Gasteiger partial charge on any atom is -0.201 e. The smallest absolute Gasteiger partial charge is 0.201 e. The molecular formula is CHF3O5S2. The van der Waals surface area contributed by atoms with Crippen LogP contribution in [-0.4, -0.2) is 22.3 Å². The van der Waals surface area contributed by atoms with Crippen molar-refractivity contribution in [3.05, 3.63) is 0 Å². The first-order chi connectivity index (χ1) is 4.67. The number of thiol groups is 1. The summed E-state index contributed by atoms with van der Waals surface area (Å²) < 4.78 is 74.5. The second-order valence-corrected chi connectivity index (χ2v) is 3.61. The van der Waals surface area contributed by atoms with E-state index in [-0.39, 0.29) is 0 Å². The highest BCUT2D eigenvalue weighted by atomic mass is 32.3. The van der Waals surface area contributed by atoms with E-state index in [0.29, 0.717) is 0 Å². The highest BCUT2D eigenvalue weighted by molar-refractivity contribution is 7.94. The van der Waals surface area contributed by atoms with Crippen molar-refractivity contribution in [3.8, 4) is 0 Å². The van der Waals surface area contributed by atoms with E-state index in [0.717, 1.165) is 0 Å². The molecule has 0 heterocycles. The number of alkyl halides is 3. The van der Waals surface area contributed by atoms with Crippen molar-refractivity contribution in [2.75, 3.05) is 0 Å². The van der Waals surface area contributed by atoms with Crippen LogP contribution in [0.3, 0.4) is 0 Å². The molecule has 68 valence electrons. The van der Waals surface area contributed by atoms with E-state index in [2.05, 4.69) is 3.63 Å². The third-order valence-corrected chi connectivity index (χ3v) is 2.28. The molecule has 0 saturated carbocycles. The molecule has 11 heavy (non-hydrogen) atoms. The van der Waals surface area contributed by atoms with Gasteiger partial charge in [0.25, 0.3) is 11.0 Å². The Kier molecular flexibility index (Phi) is 2.85. The van der Waals surface area contributed by atoms with Gasteiger partial charge in [0.1, 0.15) is 0 Å². The highest BCUT2D eigenvalue weighted by Crippen LogP contribution is 2.24. The molecule has 5 nitrogen and oxygen atoms in total. The Hall–Kier alpha value is -0.350. The van der Waals surface area contributed by atoms with Gasteiger partial charge in [0.15, 0.2) is 0 Å². The standard InChI is InChI=1S/CHF3O5S2/c2-1(3,4)11(7,8)9-10(5)6/h10H. The Balaban J connectivity index is 4.79. The van der Waals surface area contributed by atoms with Crippen LogP contribution in [0.1, 0.15) is 0 Å². The predicted octanol–water partition coefficient (Wildman–Crippen LogP) is -0.621. The molecule has 0 aromatic rings. The molecular weight excluding hydrogens is 213 g/mol. The van der Waals surface area contributed by atoms with Crippen molar-refractivity contribution in [2.45, 2.75) is 5.51 Å². The first-order valence-electron chi connectivity index (χ1n) is 1.82. The Morgan fingerprint density at radius 2 is 1.55 bits per heavy atom. The molecule has 0 aliphatic rings. The lowest BCUT2D eigenvalue weighted by Crippen LogP contribution is -2.24. The van der Waals surface area contributed by atoms with Gasteiger partial charge in [-0.05, 0) is 0 Å². The lowest BCUT2D eigenvalue weighted by atomic mass is 11.6. The fourth-order valence-corrected chi connectivity index (χ4v) is 1.10. The minimum absolute atomic E-state index is 2.60. The summed E-state index contributed by atoms with van der Waals surface area (Å²) in [4.78, 5) is 0. The van der Waals surface area contributed by atoms with E-state index >= 15 is 0 Å². The van der Waals surface area contributed by atoms with E-state index < -0.39 is 26.6 Å². The lowest BCUT2D eigenvalue weighted by molar-refractivity contribution is -0.0496. The highest BCUT2D eigenvalue weighted by Gasteiger charge is 2.48. The van der Waals surface area contributed by atoms with Gasteiger partial charge >= 0.3 is 15.6 Å². The minimum atomic E-state index is -5.99. The molecule has 0 bridgehead atoms. The zero-order valence-electron chi connectivity index (χ0n) is 4.53. The van der Waals surface area contributed by atoms with E-state index in [1.165, 1.54) is 0 Å². The first kappa shape index (κ1) is 10.7. The molecule has 0 N–H and O–H groups in total. The van der Waals surface area contributed by atoms with Gasteiger partial charge < -0.3 is 0 Å². The van der Waals surface area contributed by atoms with Gasteiger partial charge in [0.2, 0.25) is 0 Å². The molecule has 0 aliphatic heterocycles. The topological polar surface area (TPSA) is 77.5 Å². The normalized spacial score (nSPS) is 13.8. The number of rotatable bonds is 2. The second-order valence-electron chi connectivity index (χ2n) is 1.20. The van der Waals surface area contributed by atoms with Crippen LogP contribution in [0.15, 0.2) is 0 Å². The maximum atomic E-state index is 11.2. The van der Waals surface area contributed by atoms with Gasteiger partial charge in [-0.15, -0.1) is 3.63 Å².